The topological polar surface area (TPSA) is 38.5 Å². The number of morpholine rings is 1. The predicted octanol–water partition coefficient (Wildman–Crippen LogP) is 0.400. The van der Waals surface area contributed by atoms with E-state index in [9.17, 15) is 0 Å². The van der Waals surface area contributed by atoms with Crippen LogP contribution in [0.5, 0.6) is 0 Å². The number of hydrogen-bond donors (Lipinski definition) is 1. The van der Waals surface area contributed by atoms with E-state index >= 15 is 0 Å². The lowest BCUT2D eigenvalue weighted by Crippen LogP contribution is -2.52. The van der Waals surface area contributed by atoms with Crippen molar-refractivity contribution in [1.29, 1.82) is 0 Å². The Kier molecular flexibility index (Phi) is 2.87. The monoisotopic (exact) mass is 158 g/mol. The third-order valence-corrected chi connectivity index (χ3v) is 2.02. The average molecular weight is 158 g/mol. The summed E-state index contributed by atoms with van der Waals surface area (Å²) in [6.45, 7) is 8.12. The molecule has 0 aromatic rings. The molecule has 0 aliphatic carbocycles. The summed E-state index contributed by atoms with van der Waals surface area (Å²) in [5.74, 6) is 0. The largest absolute Gasteiger partial charge is 0.373 e. The van der Waals surface area contributed by atoms with Crippen molar-refractivity contribution in [3.8, 4) is 0 Å². The first-order chi connectivity index (χ1) is 5.09. The Morgan fingerprint density at radius 1 is 1.36 bits per heavy atom. The van der Waals surface area contributed by atoms with Gasteiger partial charge in [0.25, 0.3) is 0 Å². The second-order valence-corrected chi connectivity index (χ2v) is 3.45. The Hall–Kier alpha value is -0.120. The maximum Gasteiger partial charge on any atom is 0.0678 e. The molecule has 11 heavy (non-hydrogen) atoms. The molecule has 66 valence electrons. The fourth-order valence-electron chi connectivity index (χ4n) is 1.55. The van der Waals surface area contributed by atoms with Crippen molar-refractivity contribution in [3.63, 3.8) is 0 Å². The molecule has 0 aromatic heterocycles. The molecule has 0 aromatic carbocycles. The van der Waals surface area contributed by atoms with Crippen LogP contribution in [0.25, 0.3) is 0 Å². The highest BCUT2D eigenvalue weighted by atomic mass is 16.5. The zero-order valence-electron chi connectivity index (χ0n) is 7.58. The van der Waals surface area contributed by atoms with Gasteiger partial charge in [-0.1, -0.05) is 0 Å². The fraction of sp³-hybridized carbons (Fsp3) is 1.00. The molecular weight excluding hydrogens is 140 g/mol. The Morgan fingerprint density at radius 3 is 2.18 bits per heavy atom. The van der Waals surface area contributed by atoms with E-state index in [1.54, 1.807) is 0 Å². The van der Waals surface area contributed by atoms with Gasteiger partial charge in [-0.05, 0) is 20.8 Å². The zero-order chi connectivity index (χ0) is 8.43. The summed E-state index contributed by atoms with van der Waals surface area (Å²) in [6.07, 6.45) is 0.804. The van der Waals surface area contributed by atoms with E-state index in [2.05, 4.69) is 18.7 Å². The summed E-state index contributed by atoms with van der Waals surface area (Å²) >= 11 is 0. The SMILES string of the molecule is CC(N)N1C[C@@H](C)O[C@@H](C)C1. The second kappa shape index (κ2) is 3.52. The molecule has 0 radical (unpaired) electrons. The molecular formula is C8H18N2O. The van der Waals surface area contributed by atoms with Gasteiger partial charge in [0.1, 0.15) is 0 Å². The molecule has 3 atom stereocenters. The van der Waals surface area contributed by atoms with Crippen LogP contribution in [0.4, 0.5) is 0 Å². The van der Waals surface area contributed by atoms with Gasteiger partial charge in [0.2, 0.25) is 0 Å². The van der Waals surface area contributed by atoms with Gasteiger partial charge in [-0.15, -0.1) is 0 Å². The van der Waals surface area contributed by atoms with Gasteiger partial charge in [0.05, 0.1) is 18.4 Å². The predicted molar refractivity (Wildman–Crippen MR) is 45.2 cm³/mol. The van der Waals surface area contributed by atoms with Crippen molar-refractivity contribution in [1.82, 2.24) is 4.90 Å². The maximum atomic E-state index is 5.76. The third kappa shape index (κ3) is 2.43. The van der Waals surface area contributed by atoms with Crippen LogP contribution in [-0.2, 0) is 4.74 Å². The highest BCUT2D eigenvalue weighted by molar-refractivity contribution is 4.74. The molecule has 0 saturated carbocycles. The summed E-state index contributed by atoms with van der Waals surface area (Å²) in [4.78, 5) is 2.25. The van der Waals surface area contributed by atoms with E-state index in [1.165, 1.54) is 0 Å². The minimum absolute atomic E-state index is 0.156. The molecule has 1 aliphatic rings. The van der Waals surface area contributed by atoms with Crippen molar-refractivity contribution in [2.75, 3.05) is 13.1 Å². The van der Waals surface area contributed by atoms with Gasteiger partial charge in [0.15, 0.2) is 0 Å². The number of nitrogens with two attached hydrogens (primary N) is 1. The van der Waals surface area contributed by atoms with Crippen molar-refractivity contribution >= 4 is 0 Å². The van der Waals surface area contributed by atoms with Gasteiger partial charge in [-0.3, -0.25) is 4.90 Å². The summed E-state index contributed by atoms with van der Waals surface area (Å²) in [5.41, 5.74) is 5.76. The minimum Gasteiger partial charge on any atom is -0.373 e. The molecule has 0 bridgehead atoms. The number of nitrogens with zero attached hydrogens (tertiary/aromatic N) is 1. The van der Waals surface area contributed by atoms with Crippen LogP contribution in [0.15, 0.2) is 0 Å². The van der Waals surface area contributed by atoms with Crippen LogP contribution in [0.3, 0.4) is 0 Å². The molecule has 2 N–H and O–H groups in total. The van der Waals surface area contributed by atoms with Crippen molar-refractivity contribution in [2.24, 2.45) is 5.73 Å². The van der Waals surface area contributed by atoms with Crippen LogP contribution in [0.1, 0.15) is 20.8 Å². The Morgan fingerprint density at radius 2 is 1.82 bits per heavy atom. The number of rotatable bonds is 1. The van der Waals surface area contributed by atoms with Gasteiger partial charge in [0, 0.05) is 13.1 Å². The molecule has 1 fully saturated rings. The lowest BCUT2D eigenvalue weighted by Gasteiger charge is -2.37. The maximum absolute atomic E-state index is 5.76. The average Bonchev–Trinajstić information content (AvgIpc) is 1.85. The first-order valence-electron chi connectivity index (χ1n) is 4.24. The minimum atomic E-state index is 0.156. The number of ether oxygens (including phenoxy) is 1. The summed E-state index contributed by atoms with van der Waals surface area (Å²) in [5, 5.41) is 0. The second-order valence-electron chi connectivity index (χ2n) is 3.45. The van der Waals surface area contributed by atoms with Crippen LogP contribution >= 0.6 is 0 Å². The lowest BCUT2D eigenvalue weighted by atomic mass is 10.2. The lowest BCUT2D eigenvalue weighted by molar-refractivity contribution is -0.0777. The highest BCUT2D eigenvalue weighted by Gasteiger charge is 2.23. The summed E-state index contributed by atoms with van der Waals surface area (Å²) < 4.78 is 5.57. The number of hydrogen-bond acceptors (Lipinski definition) is 3. The van der Waals surface area contributed by atoms with E-state index in [4.69, 9.17) is 10.5 Å². The molecule has 0 amide bonds. The third-order valence-electron chi connectivity index (χ3n) is 2.02. The van der Waals surface area contributed by atoms with E-state index in [0.717, 1.165) is 13.1 Å². The highest BCUT2D eigenvalue weighted by Crippen LogP contribution is 2.10. The van der Waals surface area contributed by atoms with Crippen LogP contribution < -0.4 is 5.73 Å². The molecule has 1 rings (SSSR count). The summed E-state index contributed by atoms with van der Waals surface area (Å²) in [7, 11) is 0. The first kappa shape index (κ1) is 8.97. The van der Waals surface area contributed by atoms with Gasteiger partial charge < -0.3 is 10.5 Å². The van der Waals surface area contributed by atoms with Gasteiger partial charge >= 0.3 is 0 Å². The van der Waals surface area contributed by atoms with E-state index in [1.807, 2.05) is 6.92 Å². The molecule has 1 saturated heterocycles. The van der Waals surface area contributed by atoms with Crippen molar-refractivity contribution in [3.05, 3.63) is 0 Å². The van der Waals surface area contributed by atoms with Crippen LogP contribution in [0.2, 0.25) is 0 Å². The van der Waals surface area contributed by atoms with Crippen LogP contribution in [0, 0.1) is 0 Å². The molecule has 3 heteroatoms. The standard InChI is InChI=1S/C8H18N2O/c1-6-4-10(8(3)9)5-7(2)11-6/h6-8H,4-5,9H2,1-3H3/t6-,7+,8?. The van der Waals surface area contributed by atoms with E-state index < -0.39 is 0 Å². The Labute approximate surface area is 68.5 Å². The molecule has 1 aliphatic heterocycles. The van der Waals surface area contributed by atoms with Crippen molar-refractivity contribution in [2.45, 2.75) is 39.1 Å². The molecule has 3 nitrogen and oxygen atoms in total. The quantitative estimate of drug-likeness (QED) is 0.600. The molecule has 0 spiro atoms. The van der Waals surface area contributed by atoms with Crippen molar-refractivity contribution < 1.29 is 4.74 Å². The van der Waals surface area contributed by atoms with E-state index in [-0.39, 0.29) is 6.17 Å². The van der Waals surface area contributed by atoms with Gasteiger partial charge in [-0.25, -0.2) is 0 Å². The normalized spacial score (nSPS) is 37.1. The van der Waals surface area contributed by atoms with E-state index in [0.29, 0.717) is 12.2 Å². The first-order valence-corrected chi connectivity index (χ1v) is 4.24. The summed E-state index contributed by atoms with van der Waals surface area (Å²) in [6, 6.07) is 0. The Bertz CT molecular complexity index is 117. The Balaban J connectivity index is 2.43. The van der Waals surface area contributed by atoms with Gasteiger partial charge in [-0.2, -0.15) is 0 Å². The fourth-order valence-corrected chi connectivity index (χ4v) is 1.55. The smallest absolute Gasteiger partial charge is 0.0678 e. The van der Waals surface area contributed by atoms with Crippen LogP contribution in [-0.4, -0.2) is 36.4 Å². The zero-order valence-corrected chi connectivity index (χ0v) is 7.58. The molecule has 1 unspecified atom stereocenters. The molecule has 1 heterocycles.